The van der Waals surface area contributed by atoms with Gasteiger partial charge < -0.3 is 15.1 Å². The van der Waals surface area contributed by atoms with Crippen LogP contribution in [0.25, 0.3) is 0 Å². The number of carbonyl (C=O) groups is 1. The van der Waals surface area contributed by atoms with Crippen LogP contribution in [0.3, 0.4) is 0 Å². The molecule has 2 N–H and O–H groups in total. The Balaban J connectivity index is 1.29. The molecule has 0 spiro atoms. The molecule has 1 amide bonds. The smallest absolute Gasteiger partial charge is 0.227 e. The number of hydrogen-bond donors (Lipinski definition) is 2. The van der Waals surface area contributed by atoms with Crippen molar-refractivity contribution >= 4 is 17.5 Å². The molecule has 6 nitrogen and oxygen atoms in total. The molecule has 2 aromatic carbocycles. The van der Waals surface area contributed by atoms with Crippen LogP contribution < -0.4 is 0 Å². The topological polar surface area (TPSA) is 67.2 Å². The molecule has 2 atom stereocenters. The van der Waals surface area contributed by atoms with Crippen LogP contribution in [0.5, 0.6) is 0 Å². The van der Waals surface area contributed by atoms with Crippen molar-refractivity contribution in [3.05, 3.63) is 70.5 Å². The Kier molecular flexibility index (Phi) is 7.66. The number of halogens is 2. The minimum atomic E-state index is -1.35. The maximum absolute atomic E-state index is 13.1. The van der Waals surface area contributed by atoms with Crippen LogP contribution in [-0.4, -0.2) is 88.3 Å². The van der Waals surface area contributed by atoms with Gasteiger partial charge in [0.25, 0.3) is 0 Å². The number of amides is 1. The van der Waals surface area contributed by atoms with E-state index in [0.717, 1.165) is 43.9 Å². The molecule has 0 saturated carbocycles. The normalized spacial score (nSPS) is 24.7. The van der Waals surface area contributed by atoms with Crippen LogP contribution >= 0.6 is 11.6 Å². The maximum atomic E-state index is 13.1. The first-order chi connectivity index (χ1) is 15.8. The number of β-amino-alcohol motifs (C(OH)–C–C–N with tert-alkyl or cyclic N) is 1. The van der Waals surface area contributed by atoms with Crippen molar-refractivity contribution in [2.75, 3.05) is 45.8 Å². The highest BCUT2D eigenvalue weighted by Crippen LogP contribution is 2.25. The quantitative estimate of drug-likeness (QED) is 0.670. The van der Waals surface area contributed by atoms with Crippen molar-refractivity contribution in [2.24, 2.45) is 0 Å². The molecule has 2 fully saturated rings. The number of likely N-dealkylation sites (tertiary alicyclic amines) is 1. The van der Waals surface area contributed by atoms with Crippen LogP contribution in [0.1, 0.15) is 17.5 Å². The fourth-order valence-electron chi connectivity index (χ4n) is 4.66. The van der Waals surface area contributed by atoms with Gasteiger partial charge in [-0.25, -0.2) is 4.39 Å². The van der Waals surface area contributed by atoms with Gasteiger partial charge in [0.15, 0.2) is 0 Å². The Labute approximate surface area is 199 Å². The fourth-order valence-corrected chi connectivity index (χ4v) is 4.79. The number of piperidine rings is 1. The second-order valence-electron chi connectivity index (χ2n) is 9.21. The SMILES string of the molecule is O=C(Cc1ccc(Cl)cc1)N1CC[C@@H](O)[C@](O)(CN2CCN(Cc3ccc(F)cc3)CC2)C1. The van der Waals surface area contributed by atoms with Crippen LogP contribution in [0.4, 0.5) is 4.39 Å². The van der Waals surface area contributed by atoms with Gasteiger partial charge in [0.05, 0.1) is 19.1 Å². The predicted molar refractivity (Wildman–Crippen MR) is 125 cm³/mol. The third-order valence-corrected chi connectivity index (χ3v) is 6.91. The summed E-state index contributed by atoms with van der Waals surface area (Å²) in [4.78, 5) is 18.9. The summed E-state index contributed by atoms with van der Waals surface area (Å²) in [5, 5.41) is 22.5. The van der Waals surface area contributed by atoms with E-state index in [0.29, 0.717) is 24.5 Å². The van der Waals surface area contributed by atoms with Crippen LogP contribution in [0, 0.1) is 5.82 Å². The third kappa shape index (κ3) is 6.31. The molecule has 4 rings (SSSR count). The van der Waals surface area contributed by atoms with E-state index in [1.165, 1.54) is 12.1 Å². The summed E-state index contributed by atoms with van der Waals surface area (Å²) >= 11 is 5.92. The molecule has 2 saturated heterocycles. The van der Waals surface area contributed by atoms with E-state index in [1.54, 1.807) is 29.2 Å². The molecule has 0 aliphatic carbocycles. The fraction of sp³-hybridized carbons (Fsp3) is 0.480. The van der Waals surface area contributed by atoms with Gasteiger partial charge in [0, 0.05) is 50.8 Å². The summed E-state index contributed by atoms with van der Waals surface area (Å²) in [5.41, 5.74) is 0.588. The van der Waals surface area contributed by atoms with Crippen molar-refractivity contribution < 1.29 is 19.4 Å². The lowest BCUT2D eigenvalue weighted by Crippen LogP contribution is -2.64. The lowest BCUT2D eigenvalue weighted by molar-refractivity contribution is -0.156. The highest BCUT2D eigenvalue weighted by atomic mass is 35.5. The summed E-state index contributed by atoms with van der Waals surface area (Å²) in [5.74, 6) is -0.296. The molecule has 8 heteroatoms. The van der Waals surface area contributed by atoms with Gasteiger partial charge in [0.2, 0.25) is 5.91 Å². The molecular weight excluding hydrogens is 445 g/mol. The summed E-state index contributed by atoms with van der Waals surface area (Å²) in [7, 11) is 0. The largest absolute Gasteiger partial charge is 0.390 e. The van der Waals surface area contributed by atoms with Crippen molar-refractivity contribution in [1.82, 2.24) is 14.7 Å². The Hall–Kier alpha value is -2.03. The molecule has 33 heavy (non-hydrogen) atoms. The number of carbonyl (C=O) groups excluding carboxylic acids is 1. The molecular formula is C25H31ClFN3O3. The van der Waals surface area contributed by atoms with Gasteiger partial charge in [-0.3, -0.25) is 14.6 Å². The van der Waals surface area contributed by atoms with Crippen LogP contribution in [0.15, 0.2) is 48.5 Å². The van der Waals surface area contributed by atoms with Crippen LogP contribution in [0.2, 0.25) is 5.02 Å². The van der Waals surface area contributed by atoms with E-state index >= 15 is 0 Å². The average molecular weight is 476 g/mol. The summed E-state index contributed by atoms with van der Waals surface area (Å²) in [6.07, 6.45) is -0.270. The zero-order valence-corrected chi connectivity index (χ0v) is 19.4. The lowest BCUT2D eigenvalue weighted by Gasteiger charge is -2.46. The van der Waals surface area contributed by atoms with Gasteiger partial charge >= 0.3 is 0 Å². The van der Waals surface area contributed by atoms with Gasteiger partial charge in [-0.15, -0.1) is 0 Å². The Morgan fingerprint density at radius 1 is 0.970 bits per heavy atom. The van der Waals surface area contributed by atoms with Crippen LogP contribution in [-0.2, 0) is 17.8 Å². The molecule has 0 aromatic heterocycles. The van der Waals surface area contributed by atoms with Crippen molar-refractivity contribution in [3.63, 3.8) is 0 Å². The summed E-state index contributed by atoms with van der Waals surface area (Å²) in [6.45, 7) is 4.80. The molecule has 2 heterocycles. The van der Waals surface area contributed by atoms with E-state index in [9.17, 15) is 19.4 Å². The van der Waals surface area contributed by atoms with Gasteiger partial charge in [-0.2, -0.15) is 0 Å². The van der Waals surface area contributed by atoms with E-state index in [1.807, 2.05) is 12.1 Å². The summed E-state index contributed by atoms with van der Waals surface area (Å²) in [6, 6.07) is 13.7. The first-order valence-corrected chi connectivity index (χ1v) is 11.8. The van der Waals surface area contributed by atoms with E-state index in [4.69, 9.17) is 11.6 Å². The molecule has 0 bridgehead atoms. The zero-order chi connectivity index (χ0) is 23.4. The van der Waals surface area contributed by atoms with E-state index in [-0.39, 0.29) is 24.7 Å². The predicted octanol–water partition coefficient (Wildman–Crippen LogP) is 2.16. The lowest BCUT2D eigenvalue weighted by atomic mass is 9.88. The van der Waals surface area contributed by atoms with Gasteiger partial charge in [0.1, 0.15) is 11.4 Å². The van der Waals surface area contributed by atoms with Crippen molar-refractivity contribution in [1.29, 1.82) is 0 Å². The standard InChI is InChI=1S/C25H31ClFN3O3/c26-21-5-1-19(2-6-21)15-24(32)30-10-9-23(31)25(33,18-30)17-29-13-11-28(12-14-29)16-20-3-7-22(27)8-4-20/h1-8,23,31,33H,9-18H2/t23-,25+/m1/s1. The Morgan fingerprint density at radius 3 is 2.24 bits per heavy atom. The van der Waals surface area contributed by atoms with Crippen molar-refractivity contribution in [3.8, 4) is 0 Å². The average Bonchev–Trinajstić information content (AvgIpc) is 2.80. The Bertz CT molecular complexity index is 935. The third-order valence-electron chi connectivity index (χ3n) is 6.66. The molecule has 0 radical (unpaired) electrons. The summed E-state index contributed by atoms with van der Waals surface area (Å²) < 4.78 is 13.1. The maximum Gasteiger partial charge on any atom is 0.227 e. The highest BCUT2D eigenvalue weighted by molar-refractivity contribution is 6.30. The number of piperazine rings is 1. The monoisotopic (exact) mass is 475 g/mol. The zero-order valence-electron chi connectivity index (χ0n) is 18.7. The minimum absolute atomic E-state index is 0.0632. The Morgan fingerprint density at radius 2 is 1.58 bits per heavy atom. The second kappa shape index (κ2) is 10.5. The molecule has 2 aromatic rings. The van der Waals surface area contributed by atoms with Gasteiger partial charge in [-0.05, 0) is 41.8 Å². The highest BCUT2D eigenvalue weighted by Gasteiger charge is 2.43. The number of aliphatic hydroxyl groups excluding tert-OH is 1. The van der Waals surface area contributed by atoms with Gasteiger partial charge in [-0.1, -0.05) is 35.9 Å². The molecule has 178 valence electrons. The van der Waals surface area contributed by atoms with Crippen molar-refractivity contribution in [2.45, 2.75) is 31.1 Å². The first-order valence-electron chi connectivity index (χ1n) is 11.4. The number of rotatable bonds is 6. The molecule has 2 aliphatic rings. The number of hydrogen-bond acceptors (Lipinski definition) is 5. The second-order valence-corrected chi connectivity index (χ2v) is 9.64. The first kappa shape index (κ1) is 24.1. The molecule has 0 unspecified atom stereocenters. The van der Waals surface area contributed by atoms with E-state index < -0.39 is 11.7 Å². The molecule has 2 aliphatic heterocycles. The number of aliphatic hydroxyl groups is 2. The number of benzene rings is 2. The number of nitrogens with zero attached hydrogens (tertiary/aromatic N) is 3. The minimum Gasteiger partial charge on any atom is -0.390 e. The van der Waals surface area contributed by atoms with E-state index in [2.05, 4.69) is 9.80 Å².